The van der Waals surface area contributed by atoms with Gasteiger partial charge in [0.2, 0.25) is 0 Å². The van der Waals surface area contributed by atoms with Crippen LogP contribution in [0.1, 0.15) is 393 Å². The van der Waals surface area contributed by atoms with Crippen LogP contribution in [0.4, 0.5) is 0 Å². The van der Waals surface area contributed by atoms with E-state index in [2.05, 4.69) is 57.2 Å². The fourth-order valence-corrected chi connectivity index (χ4v) is 10.7. The molecule has 0 aliphatic heterocycles. The molecule has 1 unspecified atom stereocenters. The highest BCUT2D eigenvalue weighted by molar-refractivity contribution is 5.71. The minimum atomic E-state index is -0.775. The van der Waals surface area contributed by atoms with Crippen molar-refractivity contribution in [1.82, 2.24) is 0 Å². The highest BCUT2D eigenvalue weighted by Crippen LogP contribution is 2.18. The van der Waals surface area contributed by atoms with Gasteiger partial charge in [-0.1, -0.05) is 314 Å². The molecule has 0 amide bonds. The van der Waals surface area contributed by atoms with Gasteiger partial charge in [0.1, 0.15) is 13.2 Å². The van der Waals surface area contributed by atoms with E-state index in [4.69, 9.17) is 14.2 Å². The fourth-order valence-electron chi connectivity index (χ4n) is 10.7. The molecule has 0 saturated carbocycles. The van der Waals surface area contributed by atoms with E-state index in [1.54, 1.807) is 0 Å². The molecule has 0 N–H and O–H groups in total. The third-order valence-electron chi connectivity index (χ3n) is 16.1. The van der Waals surface area contributed by atoms with Crippen LogP contribution in [0, 0.1) is 0 Å². The zero-order valence-electron chi connectivity index (χ0n) is 53.4. The van der Waals surface area contributed by atoms with Crippen molar-refractivity contribution in [2.24, 2.45) is 0 Å². The third kappa shape index (κ3) is 66.3. The molecule has 0 heterocycles. The lowest BCUT2D eigenvalue weighted by atomic mass is 10.1. The first kappa shape index (κ1) is 76.6. The molecule has 0 spiro atoms. The summed E-state index contributed by atoms with van der Waals surface area (Å²) in [6.07, 6.45) is 84.5. The summed E-state index contributed by atoms with van der Waals surface area (Å²) in [5.74, 6) is -0.848. The van der Waals surface area contributed by atoms with Crippen molar-refractivity contribution in [2.75, 3.05) is 13.2 Å². The maximum Gasteiger partial charge on any atom is 0.306 e. The average Bonchev–Trinajstić information content (AvgIpc) is 3.45. The first-order valence-corrected chi connectivity index (χ1v) is 35.5. The second kappa shape index (κ2) is 68.1. The number of hydrogen-bond donors (Lipinski definition) is 0. The Kier molecular flexibility index (Phi) is 66.1. The van der Waals surface area contributed by atoms with Crippen LogP contribution < -0.4 is 0 Å². The maximum atomic E-state index is 13.0. The molecule has 0 rings (SSSR count). The first-order chi connectivity index (χ1) is 39.0. The molecule has 0 aromatic carbocycles. The molecule has 0 aliphatic rings. The smallest absolute Gasteiger partial charge is 0.306 e. The second-order valence-corrected chi connectivity index (χ2v) is 24.1. The highest BCUT2D eigenvalue weighted by atomic mass is 16.6. The summed E-state index contributed by atoms with van der Waals surface area (Å²) in [5, 5.41) is 0. The van der Waals surface area contributed by atoms with Gasteiger partial charge in [-0.05, 0) is 96.3 Å². The minimum Gasteiger partial charge on any atom is -0.462 e. The predicted molar refractivity (Wildman–Crippen MR) is 344 cm³/mol. The van der Waals surface area contributed by atoms with Crippen molar-refractivity contribution in [3.63, 3.8) is 0 Å². The minimum absolute atomic E-state index is 0.0710. The summed E-state index contributed by atoms with van der Waals surface area (Å²) in [6, 6.07) is 0. The number of unbranched alkanes of at least 4 members (excludes halogenated alkanes) is 49. The topological polar surface area (TPSA) is 78.9 Å². The molecule has 0 radical (unpaired) electrons. The van der Waals surface area contributed by atoms with Crippen molar-refractivity contribution in [2.45, 2.75) is 399 Å². The number of ether oxygens (including phenoxy) is 3. The average molecular weight is 1110 g/mol. The van der Waals surface area contributed by atoms with Crippen LogP contribution in [0.2, 0.25) is 0 Å². The van der Waals surface area contributed by atoms with E-state index in [1.165, 1.54) is 295 Å². The molecule has 6 heteroatoms. The van der Waals surface area contributed by atoms with Gasteiger partial charge in [0.25, 0.3) is 0 Å². The van der Waals surface area contributed by atoms with Crippen molar-refractivity contribution in [3.8, 4) is 0 Å². The van der Waals surface area contributed by atoms with Crippen LogP contribution in [-0.2, 0) is 28.6 Å². The van der Waals surface area contributed by atoms with Gasteiger partial charge in [0.05, 0.1) is 0 Å². The van der Waals surface area contributed by atoms with E-state index in [9.17, 15) is 14.4 Å². The van der Waals surface area contributed by atoms with Gasteiger partial charge in [-0.15, -0.1) is 0 Å². The second-order valence-electron chi connectivity index (χ2n) is 24.1. The Balaban J connectivity index is 4.33. The van der Waals surface area contributed by atoms with Crippen LogP contribution in [0.5, 0.6) is 0 Å². The van der Waals surface area contributed by atoms with Gasteiger partial charge in [0.15, 0.2) is 6.10 Å². The molecule has 0 fully saturated rings. The fraction of sp³-hybridized carbons (Fsp3) is 0.877. The Morgan fingerprint density at radius 2 is 0.418 bits per heavy atom. The van der Waals surface area contributed by atoms with Crippen LogP contribution in [-0.4, -0.2) is 37.2 Å². The molecule has 0 aliphatic carbocycles. The summed E-state index contributed by atoms with van der Waals surface area (Å²) in [4.78, 5) is 38.5. The summed E-state index contributed by atoms with van der Waals surface area (Å²) >= 11 is 0. The molecular weight excluding hydrogens is 973 g/mol. The normalized spacial score (nSPS) is 12.2. The van der Waals surface area contributed by atoms with Crippen LogP contribution in [0.25, 0.3) is 0 Å². The predicted octanol–water partition coefficient (Wildman–Crippen LogP) is 24.3. The summed E-state index contributed by atoms with van der Waals surface area (Å²) in [6.45, 7) is 6.71. The van der Waals surface area contributed by atoms with E-state index in [-0.39, 0.29) is 31.1 Å². The van der Waals surface area contributed by atoms with Gasteiger partial charge in [-0.2, -0.15) is 0 Å². The molecule has 6 nitrogen and oxygen atoms in total. The van der Waals surface area contributed by atoms with Gasteiger partial charge >= 0.3 is 17.9 Å². The van der Waals surface area contributed by atoms with Crippen molar-refractivity contribution >= 4 is 17.9 Å². The van der Waals surface area contributed by atoms with Crippen molar-refractivity contribution in [1.29, 1.82) is 0 Å². The molecule has 0 saturated heterocycles. The summed E-state index contributed by atoms with van der Waals surface area (Å²) in [5.41, 5.74) is 0. The largest absolute Gasteiger partial charge is 0.462 e. The van der Waals surface area contributed by atoms with Crippen LogP contribution in [0.3, 0.4) is 0 Å². The van der Waals surface area contributed by atoms with Crippen LogP contribution in [0.15, 0.2) is 36.5 Å². The van der Waals surface area contributed by atoms with Gasteiger partial charge in [-0.3, -0.25) is 14.4 Å². The van der Waals surface area contributed by atoms with Crippen molar-refractivity contribution in [3.05, 3.63) is 36.5 Å². The maximum absolute atomic E-state index is 13.0. The Labute approximate surface area is 493 Å². The summed E-state index contributed by atoms with van der Waals surface area (Å²) in [7, 11) is 0. The molecule has 1 atom stereocenters. The van der Waals surface area contributed by atoms with Crippen molar-refractivity contribution < 1.29 is 28.6 Å². The number of rotatable bonds is 66. The van der Waals surface area contributed by atoms with E-state index in [0.717, 1.165) is 57.8 Å². The molecule has 0 bridgehead atoms. The molecular formula is C73H136O6. The Morgan fingerprint density at radius 3 is 0.633 bits per heavy atom. The number of esters is 3. The Morgan fingerprint density at radius 1 is 0.241 bits per heavy atom. The molecule has 0 aromatic rings. The molecule has 0 aromatic heterocycles. The zero-order chi connectivity index (χ0) is 57.1. The lowest BCUT2D eigenvalue weighted by Crippen LogP contribution is -2.30. The number of carbonyl (C=O) groups is 3. The quantitative estimate of drug-likeness (QED) is 0.0261. The van der Waals surface area contributed by atoms with Gasteiger partial charge in [0, 0.05) is 19.3 Å². The Hall–Kier alpha value is -2.37. The highest BCUT2D eigenvalue weighted by Gasteiger charge is 2.19. The SMILES string of the molecule is CCCCCCCC/C=C\CCCCCCCCCCCC(=O)OCC(COC(=O)CCCCCCCCCCC/C=C\CCCCCCCCCC)OC(=O)CCCCCCCCCCC/C=C\CCCCCCCCCC. The Bertz CT molecular complexity index is 1320. The lowest BCUT2D eigenvalue weighted by Gasteiger charge is -2.18. The third-order valence-corrected chi connectivity index (χ3v) is 16.1. The molecule has 464 valence electrons. The zero-order valence-corrected chi connectivity index (χ0v) is 53.4. The van der Waals surface area contributed by atoms with E-state index < -0.39 is 6.10 Å². The molecule has 79 heavy (non-hydrogen) atoms. The summed E-state index contributed by atoms with van der Waals surface area (Å²) < 4.78 is 17.0. The van der Waals surface area contributed by atoms with E-state index >= 15 is 0 Å². The van der Waals surface area contributed by atoms with Gasteiger partial charge in [-0.25, -0.2) is 0 Å². The number of allylic oxidation sites excluding steroid dienone is 6. The number of hydrogen-bond acceptors (Lipinski definition) is 6. The van der Waals surface area contributed by atoms with E-state index in [1.807, 2.05) is 0 Å². The first-order valence-electron chi connectivity index (χ1n) is 35.5. The monoisotopic (exact) mass is 1110 g/mol. The lowest BCUT2D eigenvalue weighted by molar-refractivity contribution is -0.167. The van der Waals surface area contributed by atoms with Crippen LogP contribution >= 0.6 is 0 Å². The standard InChI is InChI=1S/C73H136O6/c1-4-7-10-13-16-19-22-25-28-31-34-36-39-42-45-48-51-54-57-60-63-66-72(75)78-69-70(68-77-71(74)65-62-59-56-53-50-47-44-41-38-33-30-27-24-21-18-15-12-9-6-3)79-73(76)67-64-61-58-55-52-49-46-43-40-37-35-32-29-26-23-20-17-14-11-8-5-2/h27,30-32,34-35,70H,4-26,28-29,33,36-69H2,1-3H3/b30-27-,34-31-,35-32-. The number of carbonyl (C=O) groups excluding carboxylic acids is 3. The van der Waals surface area contributed by atoms with Gasteiger partial charge < -0.3 is 14.2 Å². The van der Waals surface area contributed by atoms with E-state index in [0.29, 0.717) is 19.3 Å².